The largest absolute Gasteiger partial charge is 0.393 e. The topological polar surface area (TPSA) is 82.5 Å². The molecule has 1 aromatic heterocycles. The molecule has 0 radical (unpaired) electrons. The van der Waals surface area contributed by atoms with Crippen LogP contribution in [0.1, 0.15) is 34.5 Å². The van der Waals surface area contributed by atoms with Gasteiger partial charge in [-0.3, -0.25) is 9.78 Å². The summed E-state index contributed by atoms with van der Waals surface area (Å²) in [6, 6.07) is 12.6. The standard InChI is InChI=1S/C19H22N2O3/c22-12-13-4-6-14(7-5-13)19(24)21-18(15-9-17(23)10-15)11-16-3-1-2-8-20-16/h1-8,15,17-18,22-23H,9-12H2,(H,21,24). The van der Waals surface area contributed by atoms with E-state index in [4.69, 9.17) is 5.11 Å². The Balaban J connectivity index is 1.69. The van der Waals surface area contributed by atoms with Crippen LogP contribution in [0, 0.1) is 5.92 Å². The summed E-state index contributed by atoms with van der Waals surface area (Å²) in [6.45, 7) is -0.0375. The molecule has 0 saturated heterocycles. The van der Waals surface area contributed by atoms with E-state index in [1.807, 2.05) is 18.2 Å². The van der Waals surface area contributed by atoms with Crippen LogP contribution < -0.4 is 5.32 Å². The minimum atomic E-state index is -0.262. The number of rotatable bonds is 6. The van der Waals surface area contributed by atoms with Gasteiger partial charge in [0.15, 0.2) is 0 Å². The lowest BCUT2D eigenvalue weighted by molar-refractivity contribution is 0.0238. The molecular formula is C19H22N2O3. The average Bonchev–Trinajstić information content (AvgIpc) is 2.59. The van der Waals surface area contributed by atoms with Crippen LogP contribution >= 0.6 is 0 Å². The number of pyridine rings is 1. The maximum atomic E-state index is 12.5. The summed E-state index contributed by atoms with van der Waals surface area (Å²) in [4.78, 5) is 16.9. The number of amides is 1. The summed E-state index contributed by atoms with van der Waals surface area (Å²) in [5.41, 5.74) is 2.27. The van der Waals surface area contributed by atoms with Crippen LogP contribution in [-0.4, -0.2) is 33.3 Å². The molecule has 1 amide bonds. The van der Waals surface area contributed by atoms with E-state index in [2.05, 4.69) is 10.3 Å². The summed E-state index contributed by atoms with van der Waals surface area (Å²) >= 11 is 0. The summed E-state index contributed by atoms with van der Waals surface area (Å²) in [7, 11) is 0. The van der Waals surface area contributed by atoms with E-state index in [9.17, 15) is 9.90 Å². The summed E-state index contributed by atoms with van der Waals surface area (Å²) in [6.07, 6.45) is 3.56. The fourth-order valence-corrected chi connectivity index (χ4v) is 3.05. The molecule has 126 valence electrons. The maximum Gasteiger partial charge on any atom is 0.251 e. The van der Waals surface area contributed by atoms with E-state index >= 15 is 0 Å². The van der Waals surface area contributed by atoms with Gasteiger partial charge in [-0.25, -0.2) is 0 Å². The number of hydrogen-bond donors (Lipinski definition) is 3. The molecule has 5 nitrogen and oxygen atoms in total. The third-order valence-corrected chi connectivity index (χ3v) is 4.59. The molecule has 1 aliphatic rings. The van der Waals surface area contributed by atoms with E-state index in [1.54, 1.807) is 30.5 Å². The monoisotopic (exact) mass is 326 g/mol. The number of aromatic nitrogens is 1. The molecule has 2 aromatic rings. The third kappa shape index (κ3) is 3.99. The van der Waals surface area contributed by atoms with Crippen molar-refractivity contribution in [2.24, 2.45) is 5.92 Å². The van der Waals surface area contributed by atoms with Gasteiger partial charge < -0.3 is 15.5 Å². The molecule has 1 fully saturated rings. The average molecular weight is 326 g/mol. The van der Waals surface area contributed by atoms with Crippen LogP contribution in [0.5, 0.6) is 0 Å². The third-order valence-electron chi connectivity index (χ3n) is 4.59. The maximum absolute atomic E-state index is 12.5. The second-order valence-corrected chi connectivity index (χ2v) is 6.35. The van der Waals surface area contributed by atoms with Gasteiger partial charge in [-0.15, -0.1) is 0 Å². The molecule has 3 N–H and O–H groups in total. The van der Waals surface area contributed by atoms with Gasteiger partial charge in [-0.2, -0.15) is 0 Å². The lowest BCUT2D eigenvalue weighted by atomic mass is 9.76. The molecule has 0 spiro atoms. The Morgan fingerprint density at radius 2 is 1.96 bits per heavy atom. The number of aliphatic hydroxyl groups is 2. The second-order valence-electron chi connectivity index (χ2n) is 6.35. The highest BCUT2D eigenvalue weighted by molar-refractivity contribution is 5.94. The first-order valence-corrected chi connectivity index (χ1v) is 8.24. The van der Waals surface area contributed by atoms with Gasteiger partial charge in [0.1, 0.15) is 0 Å². The van der Waals surface area contributed by atoms with Crippen molar-refractivity contribution in [1.29, 1.82) is 0 Å². The first-order chi connectivity index (χ1) is 11.7. The zero-order chi connectivity index (χ0) is 16.9. The van der Waals surface area contributed by atoms with Crippen molar-refractivity contribution in [3.05, 3.63) is 65.5 Å². The number of hydrogen-bond acceptors (Lipinski definition) is 4. The summed E-state index contributed by atoms with van der Waals surface area (Å²) in [5.74, 6) is 0.129. The molecule has 1 saturated carbocycles. The van der Waals surface area contributed by atoms with Crippen molar-refractivity contribution in [2.75, 3.05) is 0 Å². The van der Waals surface area contributed by atoms with E-state index in [0.29, 0.717) is 24.8 Å². The molecule has 1 aromatic carbocycles. The zero-order valence-electron chi connectivity index (χ0n) is 13.4. The van der Waals surface area contributed by atoms with Crippen molar-refractivity contribution < 1.29 is 15.0 Å². The molecule has 24 heavy (non-hydrogen) atoms. The molecule has 0 bridgehead atoms. The molecule has 1 unspecified atom stereocenters. The highest BCUT2D eigenvalue weighted by Gasteiger charge is 2.35. The number of nitrogens with zero attached hydrogens (tertiary/aromatic N) is 1. The summed E-state index contributed by atoms with van der Waals surface area (Å²) < 4.78 is 0. The van der Waals surface area contributed by atoms with Gasteiger partial charge in [0.25, 0.3) is 5.91 Å². The van der Waals surface area contributed by atoms with Gasteiger partial charge in [0.05, 0.1) is 12.7 Å². The number of carbonyl (C=O) groups is 1. The van der Waals surface area contributed by atoms with E-state index in [1.165, 1.54) is 0 Å². The van der Waals surface area contributed by atoms with Gasteiger partial charge in [-0.05, 0) is 48.6 Å². The predicted molar refractivity (Wildman–Crippen MR) is 90.3 cm³/mol. The van der Waals surface area contributed by atoms with Crippen molar-refractivity contribution in [1.82, 2.24) is 10.3 Å². The van der Waals surface area contributed by atoms with Crippen LogP contribution in [-0.2, 0) is 13.0 Å². The zero-order valence-corrected chi connectivity index (χ0v) is 13.4. The van der Waals surface area contributed by atoms with Crippen molar-refractivity contribution in [3.8, 4) is 0 Å². The number of nitrogens with one attached hydrogen (secondary N) is 1. The first kappa shape index (κ1) is 16.6. The first-order valence-electron chi connectivity index (χ1n) is 8.24. The van der Waals surface area contributed by atoms with Crippen LogP contribution in [0.25, 0.3) is 0 Å². The fraction of sp³-hybridized carbons (Fsp3) is 0.368. The summed E-state index contributed by atoms with van der Waals surface area (Å²) in [5, 5.41) is 21.8. The van der Waals surface area contributed by atoms with Crippen LogP contribution in [0.15, 0.2) is 48.7 Å². The molecule has 0 aliphatic heterocycles. The Labute approximate surface area is 141 Å². The molecule has 1 aliphatic carbocycles. The fourth-order valence-electron chi connectivity index (χ4n) is 3.05. The molecular weight excluding hydrogens is 304 g/mol. The van der Waals surface area contributed by atoms with Crippen LogP contribution in [0.2, 0.25) is 0 Å². The predicted octanol–water partition coefficient (Wildman–Crippen LogP) is 1.69. The minimum Gasteiger partial charge on any atom is -0.393 e. The van der Waals surface area contributed by atoms with E-state index < -0.39 is 0 Å². The normalized spacial score (nSPS) is 20.9. The lowest BCUT2D eigenvalue weighted by Gasteiger charge is -2.38. The minimum absolute atomic E-state index is 0.0375. The number of aliphatic hydroxyl groups excluding tert-OH is 2. The molecule has 1 heterocycles. The Bertz CT molecular complexity index is 667. The van der Waals surface area contributed by atoms with Gasteiger partial charge in [0, 0.05) is 29.9 Å². The highest BCUT2D eigenvalue weighted by atomic mass is 16.3. The number of carbonyl (C=O) groups excluding carboxylic acids is 1. The van der Waals surface area contributed by atoms with Crippen molar-refractivity contribution in [3.63, 3.8) is 0 Å². The van der Waals surface area contributed by atoms with Gasteiger partial charge in [0.2, 0.25) is 0 Å². The Hall–Kier alpha value is -2.24. The quantitative estimate of drug-likeness (QED) is 0.754. The lowest BCUT2D eigenvalue weighted by Crippen LogP contribution is -2.48. The second kappa shape index (κ2) is 7.55. The van der Waals surface area contributed by atoms with Crippen LogP contribution in [0.4, 0.5) is 0 Å². The van der Waals surface area contributed by atoms with Crippen LogP contribution in [0.3, 0.4) is 0 Å². The molecule has 5 heteroatoms. The Morgan fingerprint density at radius 1 is 1.21 bits per heavy atom. The van der Waals surface area contributed by atoms with E-state index in [-0.39, 0.29) is 30.6 Å². The smallest absolute Gasteiger partial charge is 0.251 e. The van der Waals surface area contributed by atoms with Gasteiger partial charge >= 0.3 is 0 Å². The van der Waals surface area contributed by atoms with Crippen molar-refractivity contribution >= 4 is 5.91 Å². The molecule has 3 rings (SSSR count). The Kier molecular flexibility index (Phi) is 5.23. The number of benzene rings is 1. The Morgan fingerprint density at radius 3 is 2.54 bits per heavy atom. The van der Waals surface area contributed by atoms with Gasteiger partial charge in [-0.1, -0.05) is 18.2 Å². The van der Waals surface area contributed by atoms with Crippen molar-refractivity contribution in [2.45, 2.75) is 38.0 Å². The molecule has 1 atom stereocenters. The highest BCUT2D eigenvalue weighted by Crippen LogP contribution is 2.31. The van der Waals surface area contributed by atoms with E-state index in [0.717, 1.165) is 11.3 Å². The SMILES string of the molecule is O=C(NC(Cc1ccccn1)C1CC(O)C1)c1ccc(CO)cc1.